The second kappa shape index (κ2) is 6.41. The molecule has 1 aliphatic heterocycles. The quantitative estimate of drug-likeness (QED) is 0.693. The standard InChI is InChI=1S/C18H14F4N4O/c19-14-5-10(18(20,21)22)1-2-12(14)13-6-23-7-15-17(13)25-16(8-24-15)26-4-3-11(27)9-26/h1-2,5-8,11,27H,3-4,9H2. The summed E-state index contributed by atoms with van der Waals surface area (Å²) in [5.41, 5.74) is -0.102. The van der Waals surface area contributed by atoms with Crippen LogP contribution in [0.5, 0.6) is 0 Å². The number of benzene rings is 1. The van der Waals surface area contributed by atoms with Crippen molar-refractivity contribution < 1.29 is 22.7 Å². The molecule has 1 fully saturated rings. The molecule has 3 aromatic rings. The fourth-order valence-corrected chi connectivity index (χ4v) is 3.13. The molecule has 0 radical (unpaired) electrons. The van der Waals surface area contributed by atoms with E-state index in [1.807, 2.05) is 4.90 Å². The average molecular weight is 378 g/mol. The van der Waals surface area contributed by atoms with E-state index in [1.54, 1.807) is 0 Å². The second-order valence-corrected chi connectivity index (χ2v) is 6.36. The molecule has 27 heavy (non-hydrogen) atoms. The van der Waals surface area contributed by atoms with E-state index in [9.17, 15) is 22.7 Å². The summed E-state index contributed by atoms with van der Waals surface area (Å²) in [6.07, 6.45) is -0.126. The number of anilines is 1. The smallest absolute Gasteiger partial charge is 0.391 e. The third kappa shape index (κ3) is 3.30. The highest BCUT2D eigenvalue weighted by Gasteiger charge is 2.31. The highest BCUT2D eigenvalue weighted by molar-refractivity contribution is 5.91. The summed E-state index contributed by atoms with van der Waals surface area (Å²) < 4.78 is 52.8. The van der Waals surface area contributed by atoms with Crippen LogP contribution < -0.4 is 4.90 Å². The lowest BCUT2D eigenvalue weighted by molar-refractivity contribution is -0.137. The number of fused-ring (bicyclic) bond motifs is 1. The van der Waals surface area contributed by atoms with Crippen LogP contribution in [0.15, 0.2) is 36.8 Å². The van der Waals surface area contributed by atoms with Gasteiger partial charge < -0.3 is 10.0 Å². The van der Waals surface area contributed by atoms with Crippen molar-refractivity contribution in [2.45, 2.75) is 18.7 Å². The van der Waals surface area contributed by atoms with Crippen LogP contribution >= 0.6 is 0 Å². The van der Waals surface area contributed by atoms with Gasteiger partial charge in [0, 0.05) is 30.4 Å². The van der Waals surface area contributed by atoms with E-state index >= 15 is 0 Å². The van der Waals surface area contributed by atoms with Crippen molar-refractivity contribution in [2.75, 3.05) is 18.0 Å². The van der Waals surface area contributed by atoms with E-state index in [4.69, 9.17) is 0 Å². The summed E-state index contributed by atoms with van der Waals surface area (Å²) in [5.74, 6) is -0.498. The minimum absolute atomic E-state index is 0.0333. The van der Waals surface area contributed by atoms with Crippen LogP contribution in [0.3, 0.4) is 0 Å². The SMILES string of the molecule is OC1CCN(c2cnc3cncc(-c4ccc(C(F)(F)F)cc4F)c3n2)C1. The molecule has 1 saturated heterocycles. The molecule has 140 valence electrons. The van der Waals surface area contributed by atoms with Gasteiger partial charge in [-0.05, 0) is 18.6 Å². The largest absolute Gasteiger partial charge is 0.416 e. The highest BCUT2D eigenvalue weighted by atomic mass is 19.4. The zero-order valence-electron chi connectivity index (χ0n) is 13.9. The molecule has 1 unspecified atom stereocenters. The normalized spacial score (nSPS) is 17.7. The predicted octanol–water partition coefficient (Wildman–Crippen LogP) is 3.42. The first kappa shape index (κ1) is 17.6. The van der Waals surface area contributed by atoms with Gasteiger partial charge in [0.1, 0.15) is 22.7 Å². The maximum Gasteiger partial charge on any atom is 0.416 e. The molecule has 4 rings (SSSR count). The van der Waals surface area contributed by atoms with E-state index < -0.39 is 23.7 Å². The Hall–Kier alpha value is -2.81. The number of halogens is 4. The molecule has 3 heterocycles. The third-order valence-corrected chi connectivity index (χ3v) is 4.52. The number of rotatable bonds is 2. The van der Waals surface area contributed by atoms with Gasteiger partial charge in [0.15, 0.2) is 0 Å². The third-order valence-electron chi connectivity index (χ3n) is 4.52. The van der Waals surface area contributed by atoms with Gasteiger partial charge in [0.2, 0.25) is 0 Å². The lowest BCUT2D eigenvalue weighted by atomic mass is 10.0. The molecule has 1 atom stereocenters. The summed E-state index contributed by atoms with van der Waals surface area (Å²) in [4.78, 5) is 14.6. The lowest BCUT2D eigenvalue weighted by Crippen LogP contribution is -2.22. The molecular weight excluding hydrogens is 364 g/mol. The van der Waals surface area contributed by atoms with Crippen molar-refractivity contribution >= 4 is 16.9 Å². The van der Waals surface area contributed by atoms with Crippen molar-refractivity contribution in [1.82, 2.24) is 15.0 Å². The topological polar surface area (TPSA) is 62.1 Å². The van der Waals surface area contributed by atoms with Crippen molar-refractivity contribution in [1.29, 1.82) is 0 Å². The Balaban J connectivity index is 1.82. The van der Waals surface area contributed by atoms with Crippen molar-refractivity contribution in [3.63, 3.8) is 0 Å². The molecule has 1 aromatic carbocycles. The van der Waals surface area contributed by atoms with Gasteiger partial charge in [0.05, 0.1) is 24.1 Å². The number of aromatic nitrogens is 3. The minimum Gasteiger partial charge on any atom is -0.391 e. The molecule has 0 saturated carbocycles. The molecule has 2 aromatic heterocycles. The van der Waals surface area contributed by atoms with Gasteiger partial charge in [-0.15, -0.1) is 0 Å². The molecule has 0 amide bonds. The van der Waals surface area contributed by atoms with Gasteiger partial charge in [-0.25, -0.2) is 14.4 Å². The zero-order valence-corrected chi connectivity index (χ0v) is 13.9. The van der Waals surface area contributed by atoms with Gasteiger partial charge in [-0.2, -0.15) is 13.2 Å². The number of pyridine rings is 1. The number of β-amino-alcohol motifs (C(OH)–C–C–N with tert-alkyl or cyclic N) is 1. The molecule has 1 aliphatic rings. The summed E-state index contributed by atoms with van der Waals surface area (Å²) in [6.45, 7) is 1.02. The number of alkyl halides is 3. The Labute approximate surface area is 151 Å². The molecule has 0 spiro atoms. The van der Waals surface area contributed by atoms with Crippen LogP contribution in [0.1, 0.15) is 12.0 Å². The molecule has 1 N–H and O–H groups in total. The first-order valence-corrected chi connectivity index (χ1v) is 8.24. The minimum atomic E-state index is -4.63. The van der Waals surface area contributed by atoms with E-state index in [0.717, 1.165) is 12.1 Å². The van der Waals surface area contributed by atoms with E-state index in [2.05, 4.69) is 15.0 Å². The Morgan fingerprint density at radius 3 is 2.59 bits per heavy atom. The summed E-state index contributed by atoms with van der Waals surface area (Å²) >= 11 is 0. The Morgan fingerprint density at radius 2 is 1.93 bits per heavy atom. The Bertz CT molecular complexity index is 1010. The fraction of sp³-hybridized carbons (Fsp3) is 0.278. The van der Waals surface area contributed by atoms with E-state index in [0.29, 0.717) is 42.4 Å². The number of aliphatic hydroxyl groups excluding tert-OH is 1. The van der Waals surface area contributed by atoms with Crippen LogP contribution in [0, 0.1) is 5.82 Å². The predicted molar refractivity (Wildman–Crippen MR) is 90.6 cm³/mol. The maximum absolute atomic E-state index is 14.4. The first-order chi connectivity index (χ1) is 12.8. The zero-order chi connectivity index (χ0) is 19.2. The molecular formula is C18H14F4N4O. The maximum atomic E-state index is 14.4. The van der Waals surface area contributed by atoms with Crippen LogP contribution in [0.25, 0.3) is 22.2 Å². The van der Waals surface area contributed by atoms with Crippen LogP contribution in [-0.2, 0) is 6.18 Å². The summed E-state index contributed by atoms with van der Waals surface area (Å²) in [7, 11) is 0. The van der Waals surface area contributed by atoms with Gasteiger partial charge in [-0.1, -0.05) is 6.07 Å². The average Bonchev–Trinajstić information content (AvgIpc) is 3.06. The Morgan fingerprint density at radius 1 is 1.11 bits per heavy atom. The summed E-state index contributed by atoms with van der Waals surface area (Å²) in [6, 6.07) is 2.36. The summed E-state index contributed by atoms with van der Waals surface area (Å²) in [5, 5.41) is 9.69. The first-order valence-electron chi connectivity index (χ1n) is 8.24. The number of hydrogen-bond donors (Lipinski definition) is 1. The van der Waals surface area contributed by atoms with Crippen molar-refractivity contribution in [2.24, 2.45) is 0 Å². The fourth-order valence-electron chi connectivity index (χ4n) is 3.13. The van der Waals surface area contributed by atoms with Crippen LogP contribution in [0.2, 0.25) is 0 Å². The molecule has 0 bridgehead atoms. The van der Waals surface area contributed by atoms with E-state index in [-0.39, 0.29) is 11.1 Å². The van der Waals surface area contributed by atoms with Crippen molar-refractivity contribution in [3.05, 3.63) is 48.2 Å². The molecule has 5 nitrogen and oxygen atoms in total. The lowest BCUT2D eigenvalue weighted by Gasteiger charge is -2.17. The van der Waals surface area contributed by atoms with Gasteiger partial charge in [0.25, 0.3) is 0 Å². The van der Waals surface area contributed by atoms with Gasteiger partial charge >= 0.3 is 6.18 Å². The van der Waals surface area contributed by atoms with Crippen molar-refractivity contribution in [3.8, 4) is 11.1 Å². The number of nitrogens with zero attached hydrogens (tertiary/aromatic N) is 4. The van der Waals surface area contributed by atoms with Crippen LogP contribution in [-0.4, -0.2) is 39.3 Å². The Kier molecular flexibility index (Phi) is 4.18. The van der Waals surface area contributed by atoms with Crippen LogP contribution in [0.4, 0.5) is 23.4 Å². The highest BCUT2D eigenvalue weighted by Crippen LogP contribution is 2.34. The van der Waals surface area contributed by atoms with E-state index in [1.165, 1.54) is 18.6 Å². The number of aliphatic hydroxyl groups is 1. The van der Waals surface area contributed by atoms with Gasteiger partial charge in [-0.3, -0.25) is 4.98 Å². The number of hydrogen-bond acceptors (Lipinski definition) is 5. The monoisotopic (exact) mass is 378 g/mol. The second-order valence-electron chi connectivity index (χ2n) is 6.36. The molecule has 0 aliphatic carbocycles. The molecule has 9 heteroatoms.